The van der Waals surface area contributed by atoms with Crippen LogP contribution in [0, 0.1) is 0 Å². The number of rotatable bonds is 18. The fourth-order valence-corrected chi connectivity index (χ4v) is 6.18. The minimum absolute atomic E-state index is 0.0495. The molecule has 11 nitrogen and oxygen atoms in total. The van der Waals surface area contributed by atoms with Crippen molar-refractivity contribution < 1.29 is 38.1 Å². The van der Waals surface area contributed by atoms with Gasteiger partial charge in [-0.2, -0.15) is 0 Å². The molecule has 1 aliphatic carbocycles. The summed E-state index contributed by atoms with van der Waals surface area (Å²) in [4.78, 5) is 54.7. The average molecular weight is 650 g/mol. The van der Waals surface area contributed by atoms with Gasteiger partial charge in [0, 0.05) is 63.2 Å². The van der Waals surface area contributed by atoms with E-state index in [4.69, 9.17) is 18.9 Å². The minimum atomic E-state index is -0.538. The molecule has 2 aromatic carbocycles. The summed E-state index contributed by atoms with van der Waals surface area (Å²) in [6.45, 7) is 11.4. The number of ketones is 3. The Morgan fingerprint density at radius 2 is 1.47 bits per heavy atom. The second kappa shape index (κ2) is 17.6. The Balaban J connectivity index is 0.963. The van der Waals surface area contributed by atoms with Gasteiger partial charge >= 0.3 is 0 Å². The molecular weight excluding hydrogens is 602 g/mol. The van der Waals surface area contributed by atoms with Crippen LogP contribution in [0.5, 0.6) is 5.75 Å². The fourth-order valence-electron chi connectivity index (χ4n) is 6.18. The Morgan fingerprint density at radius 1 is 0.809 bits per heavy atom. The van der Waals surface area contributed by atoms with Crippen molar-refractivity contribution in [1.29, 1.82) is 0 Å². The number of Topliss-reactive ketones (excluding diaryl/α,β-unsaturated/α-hetero) is 3. The molecule has 0 aromatic heterocycles. The maximum atomic E-state index is 13.1. The van der Waals surface area contributed by atoms with E-state index in [-0.39, 0.29) is 29.7 Å². The van der Waals surface area contributed by atoms with Crippen molar-refractivity contribution >= 4 is 23.3 Å². The molecule has 1 saturated heterocycles. The van der Waals surface area contributed by atoms with Gasteiger partial charge in [0.1, 0.15) is 23.9 Å². The van der Waals surface area contributed by atoms with E-state index in [0.717, 1.165) is 50.4 Å². The number of nitrogens with zero attached hydrogens (tertiary/aromatic N) is 3. The average Bonchev–Trinajstić information content (AvgIpc) is 3.40. The third-order valence-electron chi connectivity index (χ3n) is 8.95. The monoisotopic (exact) mass is 649 g/mol. The molecule has 5 rings (SSSR count). The molecule has 254 valence electrons. The molecule has 1 saturated carbocycles. The van der Waals surface area contributed by atoms with Gasteiger partial charge in [0.2, 0.25) is 0 Å². The number of benzene rings is 2. The van der Waals surface area contributed by atoms with Crippen LogP contribution in [0.4, 0.5) is 0 Å². The molecule has 0 N–H and O–H groups in total. The summed E-state index contributed by atoms with van der Waals surface area (Å²) >= 11 is 0. The predicted octanol–water partition coefficient (Wildman–Crippen LogP) is 3.06. The van der Waals surface area contributed by atoms with E-state index < -0.39 is 6.04 Å². The molecule has 2 heterocycles. The Bertz CT molecular complexity index is 1370. The molecule has 0 spiro atoms. The number of carbonyl (C=O) groups is 4. The Morgan fingerprint density at radius 3 is 2.17 bits per heavy atom. The van der Waals surface area contributed by atoms with Crippen LogP contribution in [0.1, 0.15) is 59.7 Å². The van der Waals surface area contributed by atoms with Gasteiger partial charge in [-0.25, -0.2) is 0 Å². The zero-order valence-corrected chi connectivity index (χ0v) is 27.5. The van der Waals surface area contributed by atoms with Gasteiger partial charge in [-0.1, -0.05) is 30.3 Å². The largest absolute Gasteiger partial charge is 0.489 e. The minimum Gasteiger partial charge on any atom is -0.489 e. The highest BCUT2D eigenvalue weighted by Gasteiger charge is 2.40. The summed E-state index contributed by atoms with van der Waals surface area (Å²) in [5.41, 5.74) is 3.68. The Labute approximate surface area is 277 Å². The predicted molar refractivity (Wildman–Crippen MR) is 174 cm³/mol. The van der Waals surface area contributed by atoms with E-state index in [0.29, 0.717) is 83.4 Å². The van der Waals surface area contributed by atoms with Gasteiger partial charge in [0.25, 0.3) is 5.91 Å². The van der Waals surface area contributed by atoms with E-state index in [1.165, 1.54) is 5.56 Å². The molecule has 1 amide bonds. The molecule has 2 aromatic rings. The van der Waals surface area contributed by atoms with E-state index in [1.54, 1.807) is 17.9 Å². The lowest BCUT2D eigenvalue weighted by Gasteiger charge is -2.34. The first-order valence-electron chi connectivity index (χ1n) is 16.7. The molecule has 2 aliphatic heterocycles. The SMILES string of the molecule is CC(=O)CCOCCOCCOCCN1CCN(Cc2ccc(COc3cccc4c3CN([C@H]3CCC(=O)CC3=O)C4=O)cc2)CC1. The molecule has 3 aliphatic rings. The van der Waals surface area contributed by atoms with Crippen LogP contribution in [0.3, 0.4) is 0 Å². The first-order chi connectivity index (χ1) is 22.9. The van der Waals surface area contributed by atoms with Crippen molar-refractivity contribution in [1.82, 2.24) is 14.7 Å². The summed E-state index contributed by atoms with van der Waals surface area (Å²) in [6, 6.07) is 13.4. The van der Waals surface area contributed by atoms with Gasteiger partial charge in [0.05, 0.1) is 58.6 Å². The van der Waals surface area contributed by atoms with E-state index >= 15 is 0 Å². The van der Waals surface area contributed by atoms with E-state index in [2.05, 4.69) is 34.1 Å². The highest BCUT2D eigenvalue weighted by atomic mass is 16.5. The van der Waals surface area contributed by atoms with Gasteiger partial charge in [-0.15, -0.1) is 0 Å². The number of amides is 1. The smallest absolute Gasteiger partial charge is 0.255 e. The third kappa shape index (κ3) is 10.3. The first kappa shape index (κ1) is 34.8. The van der Waals surface area contributed by atoms with Crippen molar-refractivity contribution in [3.63, 3.8) is 0 Å². The Hall–Kier alpha value is -3.48. The molecule has 2 fully saturated rings. The lowest BCUT2D eigenvalue weighted by molar-refractivity contribution is -0.133. The summed E-state index contributed by atoms with van der Waals surface area (Å²) in [5.74, 6) is 0.402. The molecule has 47 heavy (non-hydrogen) atoms. The van der Waals surface area contributed by atoms with Crippen LogP contribution in [-0.4, -0.2) is 116 Å². The maximum absolute atomic E-state index is 13.1. The number of hydrogen-bond acceptors (Lipinski definition) is 10. The fraction of sp³-hybridized carbons (Fsp3) is 0.556. The van der Waals surface area contributed by atoms with Crippen molar-refractivity contribution in [2.24, 2.45) is 0 Å². The molecule has 0 bridgehead atoms. The zero-order valence-electron chi connectivity index (χ0n) is 27.5. The topological polar surface area (TPSA) is 115 Å². The normalized spacial score (nSPS) is 19.0. The van der Waals surface area contributed by atoms with Crippen LogP contribution in [-0.2, 0) is 48.3 Å². The molecular formula is C36H47N3O8. The zero-order chi connectivity index (χ0) is 33.0. The highest BCUT2D eigenvalue weighted by Crippen LogP contribution is 2.34. The molecule has 1 atom stereocenters. The lowest BCUT2D eigenvalue weighted by Crippen LogP contribution is -2.46. The summed E-state index contributed by atoms with van der Waals surface area (Å²) in [6.07, 6.45) is 1.09. The van der Waals surface area contributed by atoms with Gasteiger partial charge in [-0.05, 0) is 36.6 Å². The summed E-state index contributed by atoms with van der Waals surface area (Å²) in [7, 11) is 0. The van der Waals surface area contributed by atoms with Crippen molar-refractivity contribution in [2.75, 3.05) is 72.4 Å². The van der Waals surface area contributed by atoms with Crippen LogP contribution < -0.4 is 4.74 Å². The van der Waals surface area contributed by atoms with Crippen LogP contribution in [0.2, 0.25) is 0 Å². The number of piperazine rings is 1. The number of carbonyl (C=O) groups excluding carboxylic acids is 4. The van der Waals surface area contributed by atoms with Crippen molar-refractivity contribution in [3.05, 3.63) is 64.7 Å². The maximum Gasteiger partial charge on any atom is 0.255 e. The molecule has 0 radical (unpaired) electrons. The summed E-state index contributed by atoms with van der Waals surface area (Å²) in [5, 5.41) is 0. The Kier molecular flexibility index (Phi) is 13.1. The van der Waals surface area contributed by atoms with Gasteiger partial charge < -0.3 is 23.8 Å². The number of ether oxygens (including phenoxy) is 4. The quantitative estimate of drug-likeness (QED) is 0.176. The number of hydrogen-bond donors (Lipinski definition) is 0. The van der Waals surface area contributed by atoms with Crippen molar-refractivity contribution in [3.8, 4) is 5.75 Å². The second-order valence-corrected chi connectivity index (χ2v) is 12.5. The third-order valence-corrected chi connectivity index (χ3v) is 8.95. The van der Waals surface area contributed by atoms with Crippen LogP contribution >= 0.6 is 0 Å². The van der Waals surface area contributed by atoms with Gasteiger partial charge in [0.15, 0.2) is 5.78 Å². The number of fused-ring (bicyclic) bond motifs is 1. The highest BCUT2D eigenvalue weighted by molar-refractivity contribution is 6.07. The standard InChI is InChI=1S/C36H47N3O8/c1-27(40)11-17-44-19-21-46-22-20-45-18-16-37-12-14-38(15-13-37)24-28-5-7-29(8-6-28)26-47-35-4-2-3-31-32(35)25-39(36(31)43)33-10-9-30(41)23-34(33)42/h2-8,33H,9-26H2,1H3/t33-/m0/s1. The van der Waals surface area contributed by atoms with Crippen LogP contribution in [0.15, 0.2) is 42.5 Å². The van der Waals surface area contributed by atoms with Gasteiger partial charge in [-0.3, -0.25) is 29.0 Å². The first-order valence-corrected chi connectivity index (χ1v) is 16.7. The molecule has 11 heteroatoms. The second-order valence-electron chi connectivity index (χ2n) is 12.5. The van der Waals surface area contributed by atoms with E-state index in [9.17, 15) is 19.2 Å². The summed E-state index contributed by atoms with van der Waals surface area (Å²) < 4.78 is 22.7. The van der Waals surface area contributed by atoms with Crippen LogP contribution in [0.25, 0.3) is 0 Å². The molecule has 0 unspecified atom stereocenters. The lowest BCUT2D eigenvalue weighted by atomic mass is 9.92. The van der Waals surface area contributed by atoms with Crippen molar-refractivity contribution in [2.45, 2.75) is 58.3 Å². The van der Waals surface area contributed by atoms with E-state index in [1.807, 2.05) is 12.1 Å².